The van der Waals surface area contributed by atoms with E-state index in [0.717, 1.165) is 55.6 Å². The number of fused-ring (bicyclic) bond motifs is 7. The number of anilines is 6. The van der Waals surface area contributed by atoms with Gasteiger partial charge in [0.1, 0.15) is 11.2 Å². The molecule has 0 N–H and O–H groups in total. The Labute approximate surface area is 334 Å². The lowest BCUT2D eigenvalue weighted by atomic mass is 9.73. The molecule has 0 amide bonds. The minimum atomic E-state index is -0.140. The Morgan fingerprint density at radius 2 is 0.579 bits per heavy atom. The largest absolute Gasteiger partial charge is 0.455 e. The molecule has 0 spiro atoms. The van der Waals surface area contributed by atoms with Crippen LogP contribution in [0.2, 0.25) is 0 Å². The number of hydrogen-bond donors (Lipinski definition) is 0. The van der Waals surface area contributed by atoms with Crippen LogP contribution in [-0.4, -0.2) is 0 Å². The van der Waals surface area contributed by atoms with Gasteiger partial charge in [0.05, 0.1) is 34.1 Å². The van der Waals surface area contributed by atoms with Gasteiger partial charge in [-0.3, -0.25) is 0 Å². The highest BCUT2D eigenvalue weighted by atomic mass is 16.3. The standard InChI is InChI=1S/C54H42N2O/c1-53(2)41-25-7-13-31-47(41)55(48-32-14-8-26-42(48)53)45-29-11-5-19-35(45)37-21-17-23-39-40-24-18-22-38(52(40)57-51(37)39)36-20-6-12-30-46(36)56-49-33-15-9-27-43(49)54(3,4)44-28-10-16-34-50(44)56/h5-34H,1-4H3. The van der Waals surface area contributed by atoms with Gasteiger partial charge in [0.25, 0.3) is 0 Å². The number of para-hydroxylation sites is 8. The van der Waals surface area contributed by atoms with E-state index in [9.17, 15) is 0 Å². The van der Waals surface area contributed by atoms with Crippen LogP contribution in [0.1, 0.15) is 49.9 Å². The van der Waals surface area contributed by atoms with Crippen LogP contribution in [0.4, 0.5) is 34.1 Å². The Balaban J connectivity index is 1.12. The zero-order valence-corrected chi connectivity index (χ0v) is 32.6. The van der Waals surface area contributed by atoms with E-state index < -0.39 is 0 Å². The van der Waals surface area contributed by atoms with E-state index in [-0.39, 0.29) is 10.8 Å². The topological polar surface area (TPSA) is 19.6 Å². The molecule has 274 valence electrons. The summed E-state index contributed by atoms with van der Waals surface area (Å²) >= 11 is 0. The predicted molar refractivity (Wildman–Crippen MR) is 238 cm³/mol. The average Bonchev–Trinajstić information content (AvgIpc) is 3.64. The number of rotatable bonds is 4. The number of hydrogen-bond acceptors (Lipinski definition) is 3. The molecule has 0 saturated carbocycles. The molecule has 0 unspecified atom stereocenters. The quantitative estimate of drug-likeness (QED) is 0.179. The normalized spacial score (nSPS) is 14.9. The van der Waals surface area contributed by atoms with Gasteiger partial charge >= 0.3 is 0 Å². The van der Waals surface area contributed by atoms with Crippen molar-refractivity contribution in [2.75, 3.05) is 9.80 Å². The molecule has 3 heterocycles. The smallest absolute Gasteiger partial charge is 0.143 e. The molecule has 0 fully saturated rings. The lowest BCUT2D eigenvalue weighted by Crippen LogP contribution is -2.30. The molecular formula is C54H42N2O. The van der Waals surface area contributed by atoms with Crippen molar-refractivity contribution in [3.8, 4) is 22.3 Å². The number of benzene rings is 8. The molecule has 9 aromatic rings. The molecule has 0 aliphatic carbocycles. The van der Waals surface area contributed by atoms with Crippen molar-refractivity contribution in [2.45, 2.75) is 38.5 Å². The Morgan fingerprint density at radius 3 is 0.930 bits per heavy atom. The van der Waals surface area contributed by atoms with Crippen molar-refractivity contribution in [1.29, 1.82) is 0 Å². The second-order valence-corrected chi connectivity index (χ2v) is 16.5. The third-order valence-corrected chi connectivity index (χ3v) is 12.7. The van der Waals surface area contributed by atoms with Gasteiger partial charge in [-0.2, -0.15) is 0 Å². The minimum Gasteiger partial charge on any atom is -0.455 e. The highest BCUT2D eigenvalue weighted by molar-refractivity contribution is 6.15. The Morgan fingerprint density at radius 1 is 0.298 bits per heavy atom. The lowest BCUT2D eigenvalue weighted by Gasteiger charge is -2.42. The molecule has 1 aromatic heterocycles. The fourth-order valence-corrected chi connectivity index (χ4v) is 9.89. The van der Waals surface area contributed by atoms with Crippen LogP contribution in [0, 0.1) is 0 Å². The predicted octanol–water partition coefficient (Wildman–Crippen LogP) is 15.1. The first-order chi connectivity index (χ1) is 27.8. The van der Waals surface area contributed by atoms with Crippen LogP contribution in [0.25, 0.3) is 44.2 Å². The van der Waals surface area contributed by atoms with Crippen molar-refractivity contribution in [1.82, 2.24) is 0 Å². The highest BCUT2D eigenvalue weighted by Crippen LogP contribution is 2.56. The maximum atomic E-state index is 7.22. The summed E-state index contributed by atoms with van der Waals surface area (Å²) in [7, 11) is 0. The van der Waals surface area contributed by atoms with E-state index >= 15 is 0 Å². The molecule has 0 bridgehead atoms. The van der Waals surface area contributed by atoms with Gasteiger partial charge in [-0.1, -0.05) is 173 Å². The molecular weight excluding hydrogens is 693 g/mol. The molecule has 0 radical (unpaired) electrons. The van der Waals surface area contributed by atoms with Crippen molar-refractivity contribution < 1.29 is 4.42 Å². The van der Waals surface area contributed by atoms with Crippen molar-refractivity contribution in [2.24, 2.45) is 0 Å². The minimum absolute atomic E-state index is 0.140. The fraction of sp³-hybridized carbons (Fsp3) is 0.111. The molecule has 3 nitrogen and oxygen atoms in total. The van der Waals surface area contributed by atoms with E-state index in [4.69, 9.17) is 4.42 Å². The van der Waals surface area contributed by atoms with E-state index in [1.54, 1.807) is 0 Å². The summed E-state index contributed by atoms with van der Waals surface area (Å²) in [6.45, 7) is 9.34. The molecule has 2 aliphatic rings. The van der Waals surface area contributed by atoms with Gasteiger partial charge < -0.3 is 14.2 Å². The summed E-state index contributed by atoms with van der Waals surface area (Å²) in [5.74, 6) is 0. The van der Waals surface area contributed by atoms with Crippen molar-refractivity contribution >= 4 is 56.1 Å². The summed E-state index contributed by atoms with van der Waals surface area (Å²) in [4.78, 5) is 4.90. The SMILES string of the molecule is CC1(C)c2ccccc2N(c2ccccc2-c2cccc3c2oc2c(-c4ccccc4N4c5ccccc5C(C)(C)c5ccccc54)cccc23)c2ccccc21. The zero-order chi connectivity index (χ0) is 38.5. The first kappa shape index (κ1) is 33.5. The maximum Gasteiger partial charge on any atom is 0.143 e. The van der Waals surface area contributed by atoms with Gasteiger partial charge in [-0.05, 0) is 58.7 Å². The molecule has 0 saturated heterocycles. The Kier molecular flexibility index (Phi) is 7.25. The van der Waals surface area contributed by atoms with Crippen LogP contribution >= 0.6 is 0 Å². The molecule has 8 aromatic carbocycles. The molecule has 57 heavy (non-hydrogen) atoms. The number of nitrogens with zero attached hydrogens (tertiary/aromatic N) is 2. The first-order valence-corrected chi connectivity index (χ1v) is 20.0. The summed E-state index contributed by atoms with van der Waals surface area (Å²) in [6, 6.07) is 66.2. The Bertz CT molecular complexity index is 2750. The van der Waals surface area contributed by atoms with E-state index in [1.165, 1.54) is 45.0 Å². The number of furan rings is 1. The van der Waals surface area contributed by atoms with Crippen LogP contribution in [-0.2, 0) is 10.8 Å². The van der Waals surface area contributed by atoms with Crippen molar-refractivity contribution in [3.05, 3.63) is 204 Å². The Hall–Kier alpha value is -6.84. The van der Waals surface area contributed by atoms with E-state index in [0.29, 0.717) is 0 Å². The van der Waals surface area contributed by atoms with Crippen LogP contribution < -0.4 is 9.80 Å². The van der Waals surface area contributed by atoms with Gasteiger partial charge in [0.2, 0.25) is 0 Å². The molecule has 2 aliphatic heterocycles. The van der Waals surface area contributed by atoms with Gasteiger partial charge in [-0.15, -0.1) is 0 Å². The summed E-state index contributed by atoms with van der Waals surface area (Å²) in [5, 5.41) is 2.21. The monoisotopic (exact) mass is 734 g/mol. The van der Waals surface area contributed by atoms with E-state index in [2.05, 4.69) is 219 Å². The molecule has 3 heteroatoms. The second-order valence-electron chi connectivity index (χ2n) is 16.5. The summed E-state index contributed by atoms with van der Waals surface area (Å²) < 4.78 is 7.22. The highest BCUT2D eigenvalue weighted by Gasteiger charge is 2.39. The zero-order valence-electron chi connectivity index (χ0n) is 32.6. The van der Waals surface area contributed by atoms with Crippen LogP contribution in [0.15, 0.2) is 186 Å². The van der Waals surface area contributed by atoms with Gasteiger partial charge in [0.15, 0.2) is 0 Å². The molecule has 0 atom stereocenters. The summed E-state index contributed by atoms with van der Waals surface area (Å²) in [6.07, 6.45) is 0. The lowest BCUT2D eigenvalue weighted by molar-refractivity contribution is 0.632. The first-order valence-electron chi connectivity index (χ1n) is 20.0. The van der Waals surface area contributed by atoms with Gasteiger partial charge in [0, 0.05) is 43.9 Å². The third kappa shape index (κ3) is 4.79. The summed E-state index contributed by atoms with van der Waals surface area (Å²) in [5.41, 5.74) is 18.2. The van der Waals surface area contributed by atoms with Crippen LogP contribution in [0.3, 0.4) is 0 Å². The molecule has 11 rings (SSSR count). The fourth-order valence-electron chi connectivity index (χ4n) is 9.89. The maximum absolute atomic E-state index is 7.22. The third-order valence-electron chi connectivity index (χ3n) is 12.7. The van der Waals surface area contributed by atoms with Crippen LogP contribution in [0.5, 0.6) is 0 Å². The van der Waals surface area contributed by atoms with Crippen molar-refractivity contribution in [3.63, 3.8) is 0 Å². The van der Waals surface area contributed by atoms with E-state index in [1.807, 2.05) is 0 Å². The average molecular weight is 735 g/mol. The van der Waals surface area contributed by atoms with Gasteiger partial charge in [-0.25, -0.2) is 0 Å². The second kappa shape index (κ2) is 12.3.